The maximum absolute atomic E-state index is 6.62. The number of rotatable bonds is 4. The van der Waals surface area contributed by atoms with Gasteiger partial charge >= 0.3 is 0 Å². The third kappa shape index (κ3) is 3.28. The van der Waals surface area contributed by atoms with Crippen LogP contribution in [0.25, 0.3) is 33.4 Å². The Kier molecular flexibility index (Phi) is 4.54. The predicted molar refractivity (Wildman–Crippen MR) is 122 cm³/mol. The smallest absolute Gasteiger partial charge is 0.295 e. The Bertz CT molecular complexity index is 1300. The Balaban J connectivity index is 1.27. The van der Waals surface area contributed by atoms with Crippen molar-refractivity contribution in [2.75, 3.05) is 13.2 Å². The van der Waals surface area contributed by atoms with Gasteiger partial charge in [0, 0.05) is 30.8 Å². The molecule has 1 N–H and O–H groups in total. The number of benzene rings is 2. The Hall–Kier alpha value is -2.87. The summed E-state index contributed by atoms with van der Waals surface area (Å²) in [5.41, 5.74) is 5.28. The average molecular weight is 451 g/mol. The molecule has 2 aromatic heterocycles. The number of aromatic amines is 1. The highest BCUT2D eigenvalue weighted by molar-refractivity contribution is 6.34. The molecule has 2 aliphatic heterocycles. The third-order valence-electron chi connectivity index (χ3n) is 6.42. The van der Waals surface area contributed by atoms with Crippen molar-refractivity contribution >= 4 is 22.6 Å². The third-order valence-corrected chi connectivity index (χ3v) is 6.73. The minimum atomic E-state index is -0.269. The van der Waals surface area contributed by atoms with Gasteiger partial charge in [-0.05, 0) is 24.6 Å². The van der Waals surface area contributed by atoms with E-state index in [1.807, 2.05) is 29.9 Å². The number of fused-ring (bicyclic) bond motifs is 2. The van der Waals surface area contributed by atoms with Gasteiger partial charge in [0.1, 0.15) is 6.10 Å². The number of nitrogens with zero attached hydrogens (tertiary/aromatic N) is 3. The highest BCUT2D eigenvalue weighted by atomic mass is 35.5. The van der Waals surface area contributed by atoms with E-state index in [4.69, 9.17) is 25.8 Å². The van der Waals surface area contributed by atoms with Gasteiger partial charge in [-0.3, -0.25) is 0 Å². The van der Waals surface area contributed by atoms with Gasteiger partial charge in [0.25, 0.3) is 6.01 Å². The molecule has 4 heterocycles. The number of H-pyrrole nitrogens is 1. The summed E-state index contributed by atoms with van der Waals surface area (Å²) in [6.07, 6.45) is 4.41. The fourth-order valence-corrected chi connectivity index (χ4v) is 4.90. The summed E-state index contributed by atoms with van der Waals surface area (Å²) in [7, 11) is 1.96. The first kappa shape index (κ1) is 19.8. The number of hydrogen-bond acceptors (Lipinski definition) is 5. The van der Waals surface area contributed by atoms with Crippen LogP contribution in [0.15, 0.2) is 48.9 Å². The molecule has 7 nitrogen and oxygen atoms in total. The van der Waals surface area contributed by atoms with Gasteiger partial charge < -0.3 is 23.8 Å². The molecule has 0 amide bonds. The second-order valence-electron chi connectivity index (χ2n) is 8.71. The molecule has 2 aliphatic rings. The van der Waals surface area contributed by atoms with Crippen molar-refractivity contribution in [2.24, 2.45) is 7.05 Å². The number of imidazole rings is 2. The first-order valence-electron chi connectivity index (χ1n) is 10.7. The fourth-order valence-electron chi connectivity index (χ4n) is 4.63. The maximum Gasteiger partial charge on any atom is 0.295 e. The molecule has 0 saturated carbocycles. The first-order chi connectivity index (χ1) is 15.5. The van der Waals surface area contributed by atoms with Crippen molar-refractivity contribution in [3.05, 3.63) is 53.9 Å². The van der Waals surface area contributed by atoms with Crippen LogP contribution in [0.2, 0.25) is 5.02 Å². The van der Waals surface area contributed by atoms with Gasteiger partial charge in [0.2, 0.25) is 0 Å². The van der Waals surface area contributed by atoms with Crippen LogP contribution < -0.4 is 4.74 Å². The predicted octanol–water partition coefficient (Wildman–Crippen LogP) is 4.61. The first-order valence-corrected chi connectivity index (χ1v) is 11.1. The van der Waals surface area contributed by atoms with Gasteiger partial charge in [-0.1, -0.05) is 35.9 Å². The van der Waals surface area contributed by atoms with Crippen molar-refractivity contribution < 1.29 is 14.2 Å². The molecule has 4 aromatic rings. The van der Waals surface area contributed by atoms with Crippen LogP contribution in [0, 0.1) is 0 Å². The SMILES string of the molecule is Cn1cnc(-c2ccc(-c3cc4nc(OC5COC6(C)CCOC56)[nH]c4cc3Cl)cc2)c1. The number of aryl methyl sites for hydroxylation is 1. The molecule has 3 atom stereocenters. The second-order valence-corrected chi connectivity index (χ2v) is 9.12. The lowest BCUT2D eigenvalue weighted by atomic mass is 9.97. The van der Waals surface area contributed by atoms with Crippen molar-refractivity contribution in [1.29, 1.82) is 0 Å². The normalized spacial score (nSPS) is 24.8. The largest absolute Gasteiger partial charge is 0.456 e. The second kappa shape index (κ2) is 7.33. The van der Waals surface area contributed by atoms with E-state index in [1.54, 1.807) is 6.33 Å². The van der Waals surface area contributed by atoms with Gasteiger partial charge in [-0.2, -0.15) is 4.98 Å². The van der Waals surface area contributed by atoms with E-state index in [-0.39, 0.29) is 17.8 Å². The number of nitrogens with one attached hydrogen (secondary N) is 1. The van der Waals surface area contributed by atoms with Crippen molar-refractivity contribution in [2.45, 2.75) is 31.2 Å². The van der Waals surface area contributed by atoms with Gasteiger partial charge in [-0.25, -0.2) is 4.98 Å². The van der Waals surface area contributed by atoms with Crippen LogP contribution in [0.4, 0.5) is 0 Å². The summed E-state index contributed by atoms with van der Waals surface area (Å²) in [5, 5.41) is 0.647. The fraction of sp³-hybridized carbons (Fsp3) is 0.333. The highest BCUT2D eigenvalue weighted by Crippen LogP contribution is 2.39. The minimum Gasteiger partial charge on any atom is -0.456 e. The highest BCUT2D eigenvalue weighted by Gasteiger charge is 2.52. The lowest BCUT2D eigenvalue weighted by molar-refractivity contribution is -0.0124. The van der Waals surface area contributed by atoms with Crippen LogP contribution in [-0.2, 0) is 16.5 Å². The molecule has 3 unspecified atom stereocenters. The molecule has 0 bridgehead atoms. The molecular weight excluding hydrogens is 428 g/mol. The van der Waals surface area contributed by atoms with Gasteiger partial charge in [0.05, 0.1) is 46.9 Å². The van der Waals surface area contributed by atoms with E-state index in [2.05, 4.69) is 46.1 Å². The maximum atomic E-state index is 6.62. The summed E-state index contributed by atoms with van der Waals surface area (Å²) in [5.74, 6) is 0. The molecule has 2 saturated heterocycles. The number of halogens is 1. The van der Waals surface area contributed by atoms with Gasteiger partial charge in [0.15, 0.2) is 6.10 Å². The van der Waals surface area contributed by atoms with E-state index < -0.39 is 0 Å². The quantitative estimate of drug-likeness (QED) is 0.491. The van der Waals surface area contributed by atoms with E-state index in [0.29, 0.717) is 24.2 Å². The molecule has 8 heteroatoms. The van der Waals surface area contributed by atoms with Crippen LogP contribution >= 0.6 is 11.6 Å². The Morgan fingerprint density at radius 1 is 1.22 bits per heavy atom. The number of aromatic nitrogens is 4. The topological polar surface area (TPSA) is 74.2 Å². The zero-order chi connectivity index (χ0) is 21.9. The molecule has 2 aromatic carbocycles. The van der Waals surface area contributed by atoms with Crippen LogP contribution in [0.5, 0.6) is 6.01 Å². The zero-order valence-electron chi connectivity index (χ0n) is 17.8. The summed E-state index contributed by atoms with van der Waals surface area (Å²) >= 11 is 6.62. The van der Waals surface area contributed by atoms with E-state index in [1.165, 1.54) is 0 Å². The van der Waals surface area contributed by atoms with E-state index >= 15 is 0 Å². The summed E-state index contributed by atoms with van der Waals surface area (Å²) < 4.78 is 19.9. The lowest BCUT2D eigenvalue weighted by Crippen LogP contribution is -2.39. The van der Waals surface area contributed by atoms with Crippen molar-refractivity contribution in [3.8, 4) is 28.4 Å². The molecule has 0 aliphatic carbocycles. The van der Waals surface area contributed by atoms with E-state index in [0.717, 1.165) is 39.8 Å². The molecule has 0 spiro atoms. The van der Waals surface area contributed by atoms with Crippen molar-refractivity contribution in [1.82, 2.24) is 19.5 Å². The summed E-state index contributed by atoms with van der Waals surface area (Å²) in [6.45, 7) is 3.27. The Morgan fingerprint density at radius 3 is 2.81 bits per heavy atom. The monoisotopic (exact) mass is 450 g/mol. The molecular formula is C24H23ClN4O3. The van der Waals surface area contributed by atoms with Crippen molar-refractivity contribution in [3.63, 3.8) is 0 Å². The molecule has 32 heavy (non-hydrogen) atoms. The Labute approximate surface area is 190 Å². The minimum absolute atomic E-state index is 0.0764. The molecule has 6 rings (SSSR count). The summed E-state index contributed by atoms with van der Waals surface area (Å²) in [4.78, 5) is 12.3. The number of ether oxygens (including phenoxy) is 3. The zero-order valence-corrected chi connectivity index (χ0v) is 18.6. The number of hydrogen-bond donors (Lipinski definition) is 1. The molecule has 2 fully saturated rings. The lowest BCUT2D eigenvalue weighted by Gasteiger charge is -2.22. The average Bonchev–Trinajstić information content (AvgIpc) is 3.53. The standard InChI is InChI=1S/C24H23ClN4O3/c1-24-7-8-30-22(24)21(12-31-24)32-23-27-18-9-16(17(25)10-19(18)28-23)14-3-5-15(6-4-14)20-11-29(2)13-26-20/h3-6,9-11,13,21-22H,7-8,12H2,1-2H3,(H,27,28). The van der Waals surface area contributed by atoms with Gasteiger partial charge in [-0.15, -0.1) is 0 Å². The van der Waals surface area contributed by atoms with Crippen LogP contribution in [0.1, 0.15) is 13.3 Å². The summed E-state index contributed by atoms with van der Waals surface area (Å²) in [6, 6.07) is 12.5. The van der Waals surface area contributed by atoms with E-state index in [9.17, 15) is 0 Å². The molecule has 0 radical (unpaired) electrons. The Morgan fingerprint density at radius 2 is 2.03 bits per heavy atom. The molecule has 164 valence electrons. The van der Waals surface area contributed by atoms with Crippen LogP contribution in [0.3, 0.4) is 0 Å². The van der Waals surface area contributed by atoms with Crippen LogP contribution in [-0.4, -0.2) is 50.5 Å².